The Kier molecular flexibility index (Phi) is 7.94. The van der Waals surface area contributed by atoms with Gasteiger partial charge in [0.2, 0.25) is 5.91 Å². The lowest BCUT2D eigenvalue weighted by atomic mass is 10.1. The first kappa shape index (κ1) is 20.7. The zero-order valence-corrected chi connectivity index (χ0v) is 16.9. The van der Waals surface area contributed by atoms with Crippen LogP contribution in [0.25, 0.3) is 0 Å². The van der Waals surface area contributed by atoms with Gasteiger partial charge in [-0.25, -0.2) is 0 Å². The van der Waals surface area contributed by atoms with Crippen LogP contribution in [0, 0.1) is 19.8 Å². The van der Waals surface area contributed by atoms with Crippen molar-refractivity contribution >= 4 is 5.91 Å². The standard InChI is InChI=1S/C19H36N4O/c1-9-22(15(4)13-21(7)8)19(24)11-10-18-16(5)20-23(17(18)6)12-14(2)3/h14-15H,9-13H2,1-8H3. The van der Waals surface area contributed by atoms with Crippen molar-refractivity contribution in [3.8, 4) is 0 Å². The Morgan fingerprint density at radius 3 is 2.33 bits per heavy atom. The fraction of sp³-hybridized carbons (Fsp3) is 0.789. The van der Waals surface area contributed by atoms with E-state index < -0.39 is 0 Å². The Morgan fingerprint density at radius 1 is 1.21 bits per heavy atom. The first-order chi connectivity index (χ1) is 11.2. The van der Waals surface area contributed by atoms with Gasteiger partial charge in [-0.3, -0.25) is 9.48 Å². The summed E-state index contributed by atoms with van der Waals surface area (Å²) in [5, 5.41) is 4.65. The molecule has 24 heavy (non-hydrogen) atoms. The Morgan fingerprint density at radius 2 is 1.83 bits per heavy atom. The summed E-state index contributed by atoms with van der Waals surface area (Å²) >= 11 is 0. The first-order valence-electron chi connectivity index (χ1n) is 9.14. The van der Waals surface area contributed by atoms with Crippen molar-refractivity contribution < 1.29 is 4.79 Å². The van der Waals surface area contributed by atoms with Crippen LogP contribution in [0.15, 0.2) is 0 Å². The van der Waals surface area contributed by atoms with Crippen LogP contribution in [0.4, 0.5) is 0 Å². The first-order valence-corrected chi connectivity index (χ1v) is 9.14. The summed E-state index contributed by atoms with van der Waals surface area (Å²) < 4.78 is 2.09. The molecule has 0 fully saturated rings. The van der Waals surface area contributed by atoms with Crippen molar-refractivity contribution in [1.29, 1.82) is 0 Å². The number of hydrogen-bond acceptors (Lipinski definition) is 3. The number of carbonyl (C=O) groups excluding carboxylic acids is 1. The molecule has 5 heteroatoms. The van der Waals surface area contributed by atoms with Crippen molar-refractivity contribution in [3.05, 3.63) is 17.0 Å². The Labute approximate surface area is 148 Å². The number of rotatable bonds is 9. The van der Waals surface area contributed by atoms with Gasteiger partial charge in [-0.15, -0.1) is 0 Å². The largest absolute Gasteiger partial charge is 0.339 e. The topological polar surface area (TPSA) is 41.4 Å². The zero-order valence-electron chi connectivity index (χ0n) is 16.9. The van der Waals surface area contributed by atoms with Gasteiger partial charge in [-0.2, -0.15) is 5.10 Å². The molecule has 1 aromatic rings. The van der Waals surface area contributed by atoms with Crippen LogP contribution in [0.1, 0.15) is 51.1 Å². The molecular weight excluding hydrogens is 300 g/mol. The summed E-state index contributed by atoms with van der Waals surface area (Å²) in [6.45, 7) is 15.3. The lowest BCUT2D eigenvalue weighted by Gasteiger charge is -2.30. The Hall–Kier alpha value is -1.36. The predicted octanol–water partition coefficient (Wildman–Crippen LogP) is 2.89. The monoisotopic (exact) mass is 336 g/mol. The van der Waals surface area contributed by atoms with E-state index in [0.29, 0.717) is 12.3 Å². The van der Waals surface area contributed by atoms with Crippen molar-refractivity contribution in [2.75, 3.05) is 27.2 Å². The maximum absolute atomic E-state index is 12.7. The van der Waals surface area contributed by atoms with Crippen LogP contribution in [-0.2, 0) is 17.8 Å². The summed E-state index contributed by atoms with van der Waals surface area (Å²) in [5.74, 6) is 0.808. The van der Waals surface area contributed by atoms with E-state index in [0.717, 1.165) is 31.7 Å². The van der Waals surface area contributed by atoms with Crippen molar-refractivity contribution in [2.45, 2.75) is 67.0 Å². The maximum Gasteiger partial charge on any atom is 0.223 e. The number of aryl methyl sites for hydroxylation is 1. The molecule has 1 rings (SSSR count). The third-order valence-corrected chi connectivity index (χ3v) is 4.48. The molecule has 138 valence electrons. The van der Waals surface area contributed by atoms with E-state index in [1.165, 1.54) is 11.3 Å². The average Bonchev–Trinajstić information content (AvgIpc) is 2.70. The second-order valence-electron chi connectivity index (χ2n) is 7.52. The minimum Gasteiger partial charge on any atom is -0.339 e. The molecule has 0 aromatic carbocycles. The van der Waals surface area contributed by atoms with Gasteiger partial charge in [0.1, 0.15) is 0 Å². The summed E-state index contributed by atoms with van der Waals surface area (Å²) in [6.07, 6.45) is 1.33. The number of aromatic nitrogens is 2. The summed E-state index contributed by atoms with van der Waals surface area (Å²) in [7, 11) is 4.09. The lowest BCUT2D eigenvalue weighted by molar-refractivity contribution is -0.133. The highest BCUT2D eigenvalue weighted by molar-refractivity contribution is 5.76. The second-order valence-corrected chi connectivity index (χ2v) is 7.52. The molecule has 0 aliphatic carbocycles. The number of nitrogens with zero attached hydrogens (tertiary/aromatic N) is 4. The molecule has 0 N–H and O–H groups in total. The van der Waals surface area contributed by atoms with E-state index in [4.69, 9.17) is 0 Å². The molecule has 0 spiro atoms. The lowest BCUT2D eigenvalue weighted by Crippen LogP contribution is -2.43. The summed E-state index contributed by atoms with van der Waals surface area (Å²) in [5.41, 5.74) is 3.50. The van der Waals surface area contributed by atoms with E-state index in [2.05, 4.69) is 56.2 Å². The quantitative estimate of drug-likeness (QED) is 0.696. The molecule has 1 aromatic heterocycles. The predicted molar refractivity (Wildman–Crippen MR) is 100 cm³/mol. The van der Waals surface area contributed by atoms with Crippen LogP contribution >= 0.6 is 0 Å². The van der Waals surface area contributed by atoms with Crippen molar-refractivity contribution in [3.63, 3.8) is 0 Å². The van der Waals surface area contributed by atoms with Crippen LogP contribution in [-0.4, -0.2) is 58.7 Å². The number of carbonyl (C=O) groups is 1. The molecular formula is C19H36N4O. The van der Waals surface area contributed by atoms with Gasteiger partial charge in [0.05, 0.1) is 5.69 Å². The maximum atomic E-state index is 12.7. The molecule has 0 aliphatic heterocycles. The molecule has 0 radical (unpaired) electrons. The van der Waals surface area contributed by atoms with E-state index in [1.54, 1.807) is 0 Å². The van der Waals surface area contributed by atoms with E-state index in [9.17, 15) is 4.79 Å². The normalized spacial score (nSPS) is 12.9. The SMILES string of the molecule is CCN(C(=O)CCc1c(C)nn(CC(C)C)c1C)C(C)CN(C)C. The molecule has 1 amide bonds. The summed E-state index contributed by atoms with van der Waals surface area (Å²) in [4.78, 5) is 16.8. The Balaban J connectivity index is 2.74. The van der Waals surface area contributed by atoms with Gasteiger partial charge in [-0.1, -0.05) is 13.8 Å². The number of likely N-dealkylation sites (N-methyl/N-ethyl adjacent to an activating group) is 2. The number of hydrogen-bond donors (Lipinski definition) is 0. The average molecular weight is 337 g/mol. The smallest absolute Gasteiger partial charge is 0.223 e. The van der Waals surface area contributed by atoms with Crippen LogP contribution in [0.2, 0.25) is 0 Å². The van der Waals surface area contributed by atoms with Gasteiger partial charge in [0, 0.05) is 37.8 Å². The number of amides is 1. The molecule has 0 aliphatic rings. The van der Waals surface area contributed by atoms with Gasteiger partial charge < -0.3 is 9.80 Å². The van der Waals surface area contributed by atoms with Crippen LogP contribution in [0.3, 0.4) is 0 Å². The fourth-order valence-electron chi connectivity index (χ4n) is 3.36. The van der Waals surface area contributed by atoms with Gasteiger partial charge in [0.25, 0.3) is 0 Å². The van der Waals surface area contributed by atoms with Gasteiger partial charge >= 0.3 is 0 Å². The third kappa shape index (κ3) is 5.62. The third-order valence-electron chi connectivity index (χ3n) is 4.48. The van der Waals surface area contributed by atoms with Gasteiger partial charge in [-0.05, 0) is 59.7 Å². The van der Waals surface area contributed by atoms with E-state index >= 15 is 0 Å². The van der Waals surface area contributed by atoms with Crippen molar-refractivity contribution in [1.82, 2.24) is 19.6 Å². The minimum atomic E-state index is 0.238. The molecule has 1 heterocycles. The highest BCUT2D eigenvalue weighted by atomic mass is 16.2. The molecule has 1 unspecified atom stereocenters. The second kappa shape index (κ2) is 9.21. The molecule has 1 atom stereocenters. The van der Waals surface area contributed by atoms with Crippen LogP contribution in [0.5, 0.6) is 0 Å². The highest BCUT2D eigenvalue weighted by Gasteiger charge is 2.20. The fourth-order valence-corrected chi connectivity index (χ4v) is 3.36. The Bertz CT molecular complexity index is 534. The van der Waals surface area contributed by atoms with E-state index in [1.807, 2.05) is 19.0 Å². The molecule has 0 saturated heterocycles. The molecule has 0 saturated carbocycles. The van der Waals surface area contributed by atoms with Crippen LogP contribution < -0.4 is 0 Å². The van der Waals surface area contributed by atoms with Gasteiger partial charge in [0.15, 0.2) is 0 Å². The minimum absolute atomic E-state index is 0.238. The molecule has 5 nitrogen and oxygen atoms in total. The zero-order chi connectivity index (χ0) is 18.4. The van der Waals surface area contributed by atoms with Crippen molar-refractivity contribution in [2.24, 2.45) is 5.92 Å². The molecule has 0 bridgehead atoms. The highest BCUT2D eigenvalue weighted by Crippen LogP contribution is 2.17. The summed E-state index contributed by atoms with van der Waals surface area (Å²) in [6, 6.07) is 0.239. The van der Waals surface area contributed by atoms with E-state index in [-0.39, 0.29) is 11.9 Å².